The minimum Gasteiger partial charge on any atom is -0.491 e. The first-order chi connectivity index (χ1) is 20.9. The Balaban J connectivity index is 1.54. The average Bonchev–Trinajstić information content (AvgIpc) is 3.12. The van der Waals surface area contributed by atoms with E-state index >= 15 is 0 Å². The third-order valence-electron chi connectivity index (χ3n) is 10.1. The number of sulfone groups is 1. The highest BCUT2D eigenvalue weighted by atomic mass is 35.5. The Kier molecular flexibility index (Phi) is 10.7. The van der Waals surface area contributed by atoms with Crippen LogP contribution in [-0.4, -0.2) is 55.5 Å². The number of nitrogens with one attached hydrogen (secondary N) is 1. The second-order valence-corrected chi connectivity index (χ2v) is 17.5. The van der Waals surface area contributed by atoms with E-state index < -0.39 is 20.8 Å². The Morgan fingerprint density at radius 1 is 1.07 bits per heavy atom. The molecule has 1 fully saturated rings. The second-order valence-electron chi connectivity index (χ2n) is 13.4. The molecule has 2 aliphatic heterocycles. The molecule has 2 aromatic rings. The van der Waals surface area contributed by atoms with Crippen LogP contribution in [0.1, 0.15) is 86.7 Å². The van der Waals surface area contributed by atoms with Gasteiger partial charge in [0.25, 0.3) is 5.91 Å². The summed E-state index contributed by atoms with van der Waals surface area (Å²) >= 11 is 6.41. The normalized spacial score (nSPS) is 29.9. The number of hydrogen-bond donors (Lipinski definition) is 1. The first-order valence-electron chi connectivity index (χ1n) is 16.1. The zero-order chi connectivity index (χ0) is 31.6. The Bertz CT molecular complexity index is 1480. The lowest BCUT2D eigenvalue weighted by Crippen LogP contribution is -2.44. The van der Waals surface area contributed by atoms with Crippen LogP contribution < -0.4 is 14.4 Å². The molecule has 6 unspecified atom stereocenters. The van der Waals surface area contributed by atoms with Gasteiger partial charge in [-0.05, 0) is 104 Å². The molecule has 242 valence electrons. The average molecular weight is 663 g/mol. The van der Waals surface area contributed by atoms with E-state index in [1.165, 1.54) is 17.4 Å². The largest absolute Gasteiger partial charge is 0.491 e. The van der Waals surface area contributed by atoms with Gasteiger partial charge in [-0.15, -0.1) is 0 Å². The molecule has 44 heavy (non-hydrogen) atoms. The predicted octanol–water partition coefficient (Wildman–Crippen LogP) is 6.56. The van der Waals surface area contributed by atoms with Crippen molar-refractivity contribution in [2.45, 2.75) is 76.9 Å². The monoisotopic (exact) mass is 662 g/mol. The smallest absolute Gasteiger partial charge is 0.263 e. The van der Waals surface area contributed by atoms with Crippen LogP contribution in [-0.2, 0) is 27.2 Å². The molecule has 0 saturated heterocycles. The van der Waals surface area contributed by atoms with Gasteiger partial charge in [0.05, 0.1) is 23.3 Å². The van der Waals surface area contributed by atoms with E-state index in [9.17, 15) is 17.4 Å². The quantitative estimate of drug-likeness (QED) is 0.390. The van der Waals surface area contributed by atoms with E-state index in [1.807, 2.05) is 25.1 Å². The van der Waals surface area contributed by atoms with Crippen LogP contribution in [0.5, 0.6) is 5.75 Å². The molecule has 0 aromatic heterocycles. The number of hydrogen-bond acceptors (Lipinski definition) is 6. The third-order valence-corrected chi connectivity index (χ3v) is 12.9. The van der Waals surface area contributed by atoms with Gasteiger partial charge in [0, 0.05) is 35.8 Å². The number of fused-ring (bicyclic) bond motifs is 2. The molecule has 2 heterocycles. The summed E-state index contributed by atoms with van der Waals surface area (Å²) in [6, 6.07) is 11.6. The summed E-state index contributed by atoms with van der Waals surface area (Å²) in [6.07, 6.45) is 7.92. The number of carbonyl (C=O) groups excluding carboxylic acids is 1. The molecule has 7 atom stereocenters. The highest BCUT2D eigenvalue weighted by molar-refractivity contribution is 7.90. The van der Waals surface area contributed by atoms with Gasteiger partial charge < -0.3 is 9.64 Å². The van der Waals surface area contributed by atoms with Crippen LogP contribution >= 0.6 is 11.6 Å². The lowest BCUT2D eigenvalue weighted by Gasteiger charge is -2.45. The topological polar surface area (TPSA) is 92.8 Å². The van der Waals surface area contributed by atoms with Gasteiger partial charge in [0.15, 0.2) is 0 Å². The van der Waals surface area contributed by atoms with Gasteiger partial charge >= 0.3 is 0 Å². The summed E-state index contributed by atoms with van der Waals surface area (Å²) in [5.41, 5.74) is 3.77. The van der Waals surface area contributed by atoms with Crippen molar-refractivity contribution in [3.8, 4) is 5.75 Å². The minimum absolute atomic E-state index is 0.0873. The van der Waals surface area contributed by atoms with Crippen molar-refractivity contribution >= 4 is 44.0 Å². The summed E-state index contributed by atoms with van der Waals surface area (Å²) in [6.45, 7) is 8.11. The number of carbonyl (C=O) groups is 1. The molecule has 5 rings (SSSR count). The van der Waals surface area contributed by atoms with E-state index in [1.54, 1.807) is 6.07 Å². The van der Waals surface area contributed by atoms with Crippen molar-refractivity contribution < 1.29 is 22.2 Å². The van der Waals surface area contributed by atoms with Gasteiger partial charge in [-0.3, -0.25) is 9.52 Å². The maximum absolute atomic E-state index is 13.3. The fourth-order valence-electron chi connectivity index (χ4n) is 7.38. The highest BCUT2D eigenvalue weighted by Gasteiger charge is 2.40. The molecule has 7 nitrogen and oxygen atoms in total. The van der Waals surface area contributed by atoms with Crippen LogP contribution in [0.3, 0.4) is 0 Å². The molecule has 10 heteroatoms. The van der Waals surface area contributed by atoms with E-state index in [2.05, 4.69) is 35.6 Å². The summed E-state index contributed by atoms with van der Waals surface area (Å²) in [5.74, 6) is 1.56. The zero-order valence-corrected chi connectivity index (χ0v) is 28.8. The van der Waals surface area contributed by atoms with Crippen LogP contribution in [0.15, 0.2) is 36.4 Å². The van der Waals surface area contributed by atoms with Gasteiger partial charge in [-0.1, -0.05) is 44.4 Å². The fraction of sp³-hybridized carbons (Fsp3) is 0.618. The molecule has 0 spiro atoms. The van der Waals surface area contributed by atoms with E-state index in [4.69, 9.17) is 16.3 Å². The van der Waals surface area contributed by atoms with Crippen LogP contribution in [0.25, 0.3) is 0 Å². The first kappa shape index (κ1) is 33.3. The lowest BCUT2D eigenvalue weighted by atomic mass is 9.66. The van der Waals surface area contributed by atoms with Crippen molar-refractivity contribution in [1.82, 2.24) is 4.72 Å². The Morgan fingerprint density at radius 3 is 2.57 bits per heavy atom. The van der Waals surface area contributed by atoms with Gasteiger partial charge in [-0.25, -0.2) is 12.6 Å². The lowest BCUT2D eigenvalue weighted by molar-refractivity contribution is 0.0982. The van der Waals surface area contributed by atoms with Crippen LogP contribution in [0.4, 0.5) is 5.69 Å². The van der Waals surface area contributed by atoms with Crippen LogP contribution in [0.2, 0.25) is 5.02 Å². The number of anilines is 1. The number of halogens is 1. The van der Waals surface area contributed by atoms with Crippen molar-refractivity contribution in [3.05, 3.63) is 58.1 Å². The Hall–Kier alpha value is -2.10. The van der Waals surface area contributed by atoms with Gasteiger partial charge in [0.2, 0.25) is 0 Å². The number of ether oxygens (including phenoxy) is 1. The van der Waals surface area contributed by atoms with E-state index in [0.717, 1.165) is 68.0 Å². The molecular weight excluding hydrogens is 616 g/mol. The Labute approximate surface area is 271 Å². The predicted molar refractivity (Wildman–Crippen MR) is 180 cm³/mol. The van der Waals surface area contributed by atoms with Crippen molar-refractivity contribution in [2.75, 3.05) is 36.6 Å². The fourth-order valence-corrected chi connectivity index (χ4v) is 9.81. The van der Waals surface area contributed by atoms with Crippen LogP contribution in [0, 0.1) is 23.7 Å². The van der Waals surface area contributed by atoms with Crippen molar-refractivity contribution in [3.63, 3.8) is 0 Å². The second kappa shape index (κ2) is 14.1. The maximum Gasteiger partial charge on any atom is 0.263 e. The molecule has 1 N–H and O–H groups in total. The van der Waals surface area contributed by atoms with E-state index in [0.29, 0.717) is 30.6 Å². The highest BCUT2D eigenvalue weighted by Crippen LogP contribution is 2.45. The number of aryl methyl sites for hydroxylation is 1. The van der Waals surface area contributed by atoms with Gasteiger partial charge in [0.1, 0.15) is 26.6 Å². The van der Waals surface area contributed by atoms with Crippen molar-refractivity contribution in [2.24, 2.45) is 23.7 Å². The molecular formula is C34H47ClN2O5S2. The zero-order valence-electron chi connectivity index (χ0n) is 26.4. The molecule has 1 amide bonds. The molecule has 1 saturated carbocycles. The molecule has 3 aliphatic rings. The number of amides is 1. The maximum atomic E-state index is 13.3. The van der Waals surface area contributed by atoms with Crippen molar-refractivity contribution in [1.29, 1.82) is 0 Å². The summed E-state index contributed by atoms with van der Waals surface area (Å²) in [5, 5.41) is 0.501. The van der Waals surface area contributed by atoms with E-state index in [-0.39, 0.29) is 34.7 Å². The molecule has 2 bridgehead atoms. The molecule has 1 aliphatic carbocycles. The minimum atomic E-state index is -3.14. The SMILES string of the molecule is CCCc1cc(Cl)ccc1C1COc2ccc3cc2N(C1)CC1CCC1[C@H](CS(C)(=O)=O)CCCC(C)C(C)S(=O)NC3=O. The summed E-state index contributed by atoms with van der Waals surface area (Å²) in [4.78, 5) is 15.7. The summed E-state index contributed by atoms with van der Waals surface area (Å²) < 4.78 is 47.5. The molecule has 2 aromatic carbocycles. The number of nitrogens with zero attached hydrogens (tertiary/aromatic N) is 1. The standard InChI is InChI=1S/C34H47ClN2O5S2/c1-5-7-24-16-29(35)12-14-30(24)28-19-37-18-26-10-13-31(26)27(21-44(4,40)41)9-6-8-22(2)23(3)43(39)36-34(38)25-11-15-33(42-20-28)32(37)17-25/h11-12,14-17,22-23,26-28,31H,5-10,13,18-21H2,1-4H3,(H,36,38)/t22?,23?,26?,27-,28?,31?,43?/m0/s1. The number of rotatable bonds is 5. The van der Waals surface area contributed by atoms with Gasteiger partial charge in [-0.2, -0.15) is 0 Å². The number of benzene rings is 2. The molecule has 0 radical (unpaired) electrons. The third kappa shape index (κ3) is 7.81. The Morgan fingerprint density at radius 2 is 1.86 bits per heavy atom. The first-order valence-corrected chi connectivity index (χ1v) is 19.8. The summed E-state index contributed by atoms with van der Waals surface area (Å²) in [7, 11) is -4.68.